The minimum absolute atomic E-state index is 0.0633. The smallest absolute Gasteiger partial charge is 0.289 e. The van der Waals surface area contributed by atoms with Crippen LogP contribution in [0.3, 0.4) is 0 Å². The molecule has 0 saturated carbocycles. The molecule has 126 valence electrons. The predicted molar refractivity (Wildman–Crippen MR) is 75.9 cm³/mol. The Morgan fingerprint density at radius 3 is 2.30 bits per heavy atom. The molecule has 0 aliphatic carbocycles. The fraction of sp³-hybridized carbons (Fsp3) is 0.538. The second kappa shape index (κ2) is 5.36. The zero-order chi connectivity index (χ0) is 17.6. The van der Waals surface area contributed by atoms with Crippen LogP contribution >= 0.6 is 0 Å². The second-order valence-corrected chi connectivity index (χ2v) is 6.05. The van der Waals surface area contributed by atoms with Crippen LogP contribution in [0.25, 0.3) is 0 Å². The summed E-state index contributed by atoms with van der Waals surface area (Å²) in [5, 5.41) is 9.88. The summed E-state index contributed by atoms with van der Waals surface area (Å²) in [5.41, 5.74) is -2.60. The lowest BCUT2D eigenvalue weighted by atomic mass is 10.1. The van der Waals surface area contributed by atoms with Crippen molar-refractivity contribution in [3.63, 3.8) is 0 Å². The number of amides is 1. The van der Waals surface area contributed by atoms with E-state index >= 15 is 0 Å². The van der Waals surface area contributed by atoms with Gasteiger partial charge in [-0.15, -0.1) is 5.10 Å². The van der Waals surface area contributed by atoms with Gasteiger partial charge in [0.2, 0.25) is 5.95 Å². The van der Waals surface area contributed by atoms with E-state index in [4.69, 9.17) is 0 Å². The van der Waals surface area contributed by atoms with Crippen molar-refractivity contribution in [2.75, 3.05) is 5.32 Å². The first-order valence-corrected chi connectivity index (χ1v) is 6.76. The maximum Gasteiger partial charge on any atom is 0.433 e. The van der Waals surface area contributed by atoms with Gasteiger partial charge >= 0.3 is 6.18 Å². The summed E-state index contributed by atoms with van der Waals surface area (Å²) >= 11 is 0. The number of nitrogens with one attached hydrogen (secondary N) is 1. The fourth-order valence-electron chi connectivity index (χ4n) is 1.98. The number of halogens is 3. The number of hydrogen-bond donors (Lipinski definition) is 1. The monoisotopic (exact) mass is 330 g/mol. The molecule has 0 unspecified atom stereocenters. The van der Waals surface area contributed by atoms with Crippen molar-refractivity contribution in [3.8, 4) is 0 Å². The molecule has 0 aliphatic heterocycles. The first kappa shape index (κ1) is 17.0. The molecule has 0 spiro atoms. The van der Waals surface area contributed by atoms with Crippen LogP contribution in [0.1, 0.15) is 42.6 Å². The molecule has 0 saturated heterocycles. The number of carbonyl (C=O) groups is 1. The summed E-state index contributed by atoms with van der Waals surface area (Å²) < 4.78 is 42.3. The standard InChI is InChI=1S/C13H17F3N6O/c1-7-18-11(20-21(7)5)19-10(23)8-6-17-22(12(2,3)4)9(8)13(14,15)16/h6H,1-5H3,(H,19,20,23). The third-order valence-electron chi connectivity index (χ3n) is 3.12. The zero-order valence-corrected chi connectivity index (χ0v) is 13.4. The Kier molecular flexibility index (Phi) is 3.95. The van der Waals surface area contributed by atoms with E-state index in [9.17, 15) is 18.0 Å². The zero-order valence-electron chi connectivity index (χ0n) is 13.4. The van der Waals surface area contributed by atoms with E-state index in [1.54, 1.807) is 34.7 Å². The Morgan fingerprint density at radius 1 is 1.26 bits per heavy atom. The predicted octanol–water partition coefficient (Wildman–Crippen LogP) is 2.35. The minimum atomic E-state index is -4.72. The molecule has 0 aliphatic rings. The Bertz CT molecular complexity index is 718. The molecule has 10 heteroatoms. The highest BCUT2D eigenvalue weighted by atomic mass is 19.4. The highest BCUT2D eigenvalue weighted by Crippen LogP contribution is 2.35. The fourth-order valence-corrected chi connectivity index (χ4v) is 1.98. The van der Waals surface area contributed by atoms with E-state index < -0.39 is 28.9 Å². The van der Waals surface area contributed by atoms with Crippen LogP contribution in [0.2, 0.25) is 0 Å². The SMILES string of the molecule is Cc1nc(NC(=O)c2cnn(C(C)(C)C)c2C(F)(F)F)nn1C. The summed E-state index contributed by atoms with van der Waals surface area (Å²) in [5.74, 6) is -0.508. The minimum Gasteiger partial charge on any atom is -0.289 e. The summed E-state index contributed by atoms with van der Waals surface area (Å²) in [6.07, 6.45) is -3.82. The van der Waals surface area contributed by atoms with Crippen molar-refractivity contribution in [1.82, 2.24) is 24.5 Å². The highest BCUT2D eigenvalue weighted by molar-refractivity contribution is 6.04. The van der Waals surface area contributed by atoms with E-state index in [0.29, 0.717) is 5.82 Å². The Balaban J connectivity index is 2.43. The molecule has 0 aromatic carbocycles. The topological polar surface area (TPSA) is 77.6 Å². The second-order valence-electron chi connectivity index (χ2n) is 6.05. The van der Waals surface area contributed by atoms with Crippen molar-refractivity contribution < 1.29 is 18.0 Å². The molecule has 2 heterocycles. The van der Waals surface area contributed by atoms with Crippen molar-refractivity contribution in [1.29, 1.82) is 0 Å². The maximum atomic E-state index is 13.4. The molecule has 0 atom stereocenters. The number of hydrogen-bond acceptors (Lipinski definition) is 4. The van der Waals surface area contributed by atoms with Gasteiger partial charge in [0.15, 0.2) is 5.69 Å². The van der Waals surface area contributed by atoms with Gasteiger partial charge in [-0.3, -0.25) is 19.5 Å². The Hall–Kier alpha value is -2.39. The van der Waals surface area contributed by atoms with Gasteiger partial charge in [-0.05, 0) is 27.7 Å². The maximum absolute atomic E-state index is 13.4. The average Bonchev–Trinajstić information content (AvgIpc) is 2.93. The lowest BCUT2D eigenvalue weighted by Gasteiger charge is -2.23. The Labute approximate surface area is 130 Å². The van der Waals surface area contributed by atoms with Crippen LogP contribution in [-0.4, -0.2) is 30.5 Å². The lowest BCUT2D eigenvalue weighted by Crippen LogP contribution is -2.30. The quantitative estimate of drug-likeness (QED) is 0.917. The number of alkyl halides is 3. The summed E-state index contributed by atoms with van der Waals surface area (Å²) in [4.78, 5) is 16.1. The van der Waals surface area contributed by atoms with Gasteiger partial charge in [-0.1, -0.05) is 0 Å². The lowest BCUT2D eigenvalue weighted by molar-refractivity contribution is -0.146. The molecule has 1 N–H and O–H groups in total. The average molecular weight is 330 g/mol. The van der Waals surface area contributed by atoms with Crippen LogP contribution < -0.4 is 5.32 Å². The van der Waals surface area contributed by atoms with E-state index in [1.807, 2.05) is 0 Å². The number of aromatic nitrogens is 5. The van der Waals surface area contributed by atoms with Crippen molar-refractivity contribution >= 4 is 11.9 Å². The third kappa shape index (κ3) is 3.35. The summed E-state index contributed by atoms with van der Waals surface area (Å²) in [6, 6.07) is 0. The van der Waals surface area contributed by atoms with Gasteiger partial charge in [0.05, 0.1) is 17.3 Å². The normalized spacial score (nSPS) is 12.5. The van der Waals surface area contributed by atoms with E-state index in [2.05, 4.69) is 20.5 Å². The molecule has 2 aromatic heterocycles. The number of rotatable bonds is 2. The molecular weight excluding hydrogens is 313 g/mol. The first-order chi connectivity index (χ1) is 10.4. The van der Waals surface area contributed by atoms with Gasteiger partial charge in [-0.2, -0.15) is 23.3 Å². The van der Waals surface area contributed by atoms with Crippen molar-refractivity contribution in [2.24, 2.45) is 7.05 Å². The van der Waals surface area contributed by atoms with E-state index in [0.717, 1.165) is 10.9 Å². The molecule has 0 radical (unpaired) electrons. The first-order valence-electron chi connectivity index (χ1n) is 6.76. The molecule has 2 rings (SSSR count). The largest absolute Gasteiger partial charge is 0.433 e. The molecule has 23 heavy (non-hydrogen) atoms. The molecule has 1 amide bonds. The third-order valence-corrected chi connectivity index (χ3v) is 3.12. The number of aryl methyl sites for hydroxylation is 2. The summed E-state index contributed by atoms with van der Waals surface area (Å²) in [7, 11) is 1.61. The molecular formula is C13H17F3N6O. The van der Waals surface area contributed by atoms with Gasteiger partial charge in [0.1, 0.15) is 5.82 Å². The van der Waals surface area contributed by atoms with Gasteiger partial charge in [-0.25, -0.2) is 0 Å². The molecule has 0 bridgehead atoms. The Morgan fingerprint density at radius 2 is 1.87 bits per heavy atom. The van der Waals surface area contributed by atoms with Crippen LogP contribution in [0.4, 0.5) is 19.1 Å². The van der Waals surface area contributed by atoms with E-state index in [-0.39, 0.29) is 5.95 Å². The van der Waals surface area contributed by atoms with Crippen molar-refractivity contribution in [2.45, 2.75) is 39.4 Å². The number of nitrogens with zero attached hydrogens (tertiary/aromatic N) is 5. The van der Waals surface area contributed by atoms with Crippen LogP contribution in [0.15, 0.2) is 6.20 Å². The van der Waals surface area contributed by atoms with Crippen LogP contribution in [0, 0.1) is 6.92 Å². The molecule has 2 aromatic rings. The molecule has 0 fully saturated rings. The number of anilines is 1. The highest BCUT2D eigenvalue weighted by Gasteiger charge is 2.42. The summed E-state index contributed by atoms with van der Waals surface area (Å²) in [6.45, 7) is 6.36. The van der Waals surface area contributed by atoms with Gasteiger partial charge < -0.3 is 0 Å². The van der Waals surface area contributed by atoms with Crippen molar-refractivity contribution in [3.05, 3.63) is 23.3 Å². The number of carbonyl (C=O) groups excluding carboxylic acids is 1. The van der Waals surface area contributed by atoms with Crippen LogP contribution in [-0.2, 0) is 18.8 Å². The van der Waals surface area contributed by atoms with E-state index in [1.165, 1.54) is 4.68 Å². The van der Waals surface area contributed by atoms with Gasteiger partial charge in [0, 0.05) is 7.05 Å². The van der Waals surface area contributed by atoms with Crippen LogP contribution in [0.5, 0.6) is 0 Å². The van der Waals surface area contributed by atoms with Gasteiger partial charge in [0.25, 0.3) is 5.91 Å². The molecule has 7 nitrogen and oxygen atoms in total.